The van der Waals surface area contributed by atoms with Gasteiger partial charge in [0.25, 0.3) is 5.91 Å². The van der Waals surface area contributed by atoms with E-state index >= 15 is 0 Å². The van der Waals surface area contributed by atoms with Crippen LogP contribution in [-0.2, 0) is 11.2 Å². The summed E-state index contributed by atoms with van der Waals surface area (Å²) in [6.07, 6.45) is 1.60. The number of methoxy groups -OCH3 is 1. The van der Waals surface area contributed by atoms with Gasteiger partial charge in [0.1, 0.15) is 0 Å². The fourth-order valence-electron chi connectivity index (χ4n) is 1.71. The molecule has 1 atom stereocenters. The standard InChI is InChI=1S/C14H22N2O2/c1-11(7-9-18-2)16-14(17)13-5-3-4-12(10-13)6-8-15/h3-5,10-11H,6-9,15H2,1-2H3,(H,16,17). The largest absolute Gasteiger partial charge is 0.385 e. The quantitative estimate of drug-likeness (QED) is 0.767. The number of hydrogen-bond donors (Lipinski definition) is 2. The minimum atomic E-state index is -0.0440. The monoisotopic (exact) mass is 250 g/mol. The Morgan fingerprint density at radius 1 is 1.50 bits per heavy atom. The summed E-state index contributed by atoms with van der Waals surface area (Å²) in [5.74, 6) is -0.0440. The Balaban J connectivity index is 2.57. The maximum atomic E-state index is 12.0. The summed E-state index contributed by atoms with van der Waals surface area (Å²) in [6, 6.07) is 7.69. The summed E-state index contributed by atoms with van der Waals surface area (Å²) in [7, 11) is 1.66. The lowest BCUT2D eigenvalue weighted by Crippen LogP contribution is -2.33. The lowest BCUT2D eigenvalue weighted by atomic mass is 10.1. The molecule has 1 aromatic rings. The fourth-order valence-corrected chi connectivity index (χ4v) is 1.71. The Morgan fingerprint density at radius 2 is 2.28 bits per heavy atom. The molecule has 1 rings (SSSR count). The molecule has 18 heavy (non-hydrogen) atoms. The molecule has 4 heteroatoms. The molecule has 4 nitrogen and oxygen atoms in total. The van der Waals surface area contributed by atoms with E-state index in [0.29, 0.717) is 18.7 Å². The molecule has 100 valence electrons. The van der Waals surface area contributed by atoms with Crippen molar-refractivity contribution in [2.75, 3.05) is 20.3 Å². The van der Waals surface area contributed by atoms with Crippen molar-refractivity contribution in [1.29, 1.82) is 0 Å². The van der Waals surface area contributed by atoms with E-state index in [2.05, 4.69) is 5.32 Å². The van der Waals surface area contributed by atoms with Crippen LogP contribution in [0.2, 0.25) is 0 Å². The van der Waals surface area contributed by atoms with Crippen LogP contribution in [0.25, 0.3) is 0 Å². The van der Waals surface area contributed by atoms with E-state index in [1.165, 1.54) is 0 Å². The first-order valence-corrected chi connectivity index (χ1v) is 6.26. The van der Waals surface area contributed by atoms with E-state index in [0.717, 1.165) is 18.4 Å². The van der Waals surface area contributed by atoms with E-state index in [-0.39, 0.29) is 11.9 Å². The Hall–Kier alpha value is -1.39. The van der Waals surface area contributed by atoms with Gasteiger partial charge in [-0.15, -0.1) is 0 Å². The smallest absolute Gasteiger partial charge is 0.251 e. The molecule has 0 bridgehead atoms. The molecule has 0 fully saturated rings. The molecular weight excluding hydrogens is 228 g/mol. The van der Waals surface area contributed by atoms with E-state index in [9.17, 15) is 4.79 Å². The van der Waals surface area contributed by atoms with Crippen molar-refractivity contribution in [2.45, 2.75) is 25.8 Å². The zero-order valence-electron chi connectivity index (χ0n) is 11.1. The molecule has 0 spiro atoms. The number of nitrogens with two attached hydrogens (primary N) is 1. The zero-order valence-corrected chi connectivity index (χ0v) is 11.1. The van der Waals surface area contributed by atoms with Gasteiger partial charge in [0, 0.05) is 25.3 Å². The molecule has 0 aromatic heterocycles. The second-order valence-electron chi connectivity index (χ2n) is 4.40. The number of rotatable bonds is 7. The van der Waals surface area contributed by atoms with Gasteiger partial charge in [-0.3, -0.25) is 4.79 Å². The molecule has 1 amide bonds. The van der Waals surface area contributed by atoms with Crippen LogP contribution in [0.4, 0.5) is 0 Å². The predicted octanol–water partition coefficient (Wildman–Crippen LogP) is 1.34. The molecule has 1 unspecified atom stereocenters. The van der Waals surface area contributed by atoms with E-state index < -0.39 is 0 Å². The summed E-state index contributed by atoms with van der Waals surface area (Å²) >= 11 is 0. The second kappa shape index (κ2) is 7.84. The Bertz CT molecular complexity index is 380. The summed E-state index contributed by atoms with van der Waals surface area (Å²) in [4.78, 5) is 12.0. The first kappa shape index (κ1) is 14.7. The fraction of sp³-hybridized carbons (Fsp3) is 0.500. The Labute approximate surface area is 109 Å². The summed E-state index contributed by atoms with van der Waals surface area (Å²) in [6.45, 7) is 3.21. The third kappa shape index (κ3) is 4.85. The third-order valence-corrected chi connectivity index (χ3v) is 2.75. The van der Waals surface area contributed by atoms with Crippen LogP contribution in [0.15, 0.2) is 24.3 Å². The van der Waals surface area contributed by atoms with Gasteiger partial charge >= 0.3 is 0 Å². The predicted molar refractivity (Wildman–Crippen MR) is 72.6 cm³/mol. The molecule has 0 heterocycles. The van der Waals surface area contributed by atoms with Crippen molar-refractivity contribution in [1.82, 2.24) is 5.32 Å². The number of amides is 1. The molecule has 0 saturated heterocycles. The maximum absolute atomic E-state index is 12.0. The molecule has 1 aromatic carbocycles. The highest BCUT2D eigenvalue weighted by molar-refractivity contribution is 5.94. The first-order valence-electron chi connectivity index (χ1n) is 6.26. The molecule has 0 aliphatic rings. The Kier molecular flexibility index (Phi) is 6.39. The number of carbonyl (C=O) groups excluding carboxylic acids is 1. The molecule has 0 aliphatic heterocycles. The third-order valence-electron chi connectivity index (χ3n) is 2.75. The van der Waals surface area contributed by atoms with Crippen molar-refractivity contribution < 1.29 is 9.53 Å². The van der Waals surface area contributed by atoms with Crippen molar-refractivity contribution >= 4 is 5.91 Å². The number of hydrogen-bond acceptors (Lipinski definition) is 3. The highest BCUT2D eigenvalue weighted by Crippen LogP contribution is 2.06. The number of ether oxygens (including phenoxy) is 1. The van der Waals surface area contributed by atoms with E-state index in [4.69, 9.17) is 10.5 Å². The zero-order chi connectivity index (χ0) is 13.4. The van der Waals surface area contributed by atoms with Gasteiger partial charge < -0.3 is 15.8 Å². The first-order chi connectivity index (χ1) is 8.67. The minimum Gasteiger partial charge on any atom is -0.385 e. The SMILES string of the molecule is COCCC(C)NC(=O)c1cccc(CCN)c1. The summed E-state index contributed by atoms with van der Waals surface area (Å²) < 4.78 is 4.99. The number of carbonyl (C=O) groups is 1. The van der Waals surface area contributed by atoms with Crippen molar-refractivity contribution in [2.24, 2.45) is 5.73 Å². The van der Waals surface area contributed by atoms with Crippen LogP contribution in [0.5, 0.6) is 0 Å². The van der Waals surface area contributed by atoms with Crippen molar-refractivity contribution in [3.05, 3.63) is 35.4 Å². The number of nitrogens with one attached hydrogen (secondary N) is 1. The van der Waals surface area contributed by atoms with Crippen molar-refractivity contribution in [3.8, 4) is 0 Å². The highest BCUT2D eigenvalue weighted by atomic mass is 16.5. The highest BCUT2D eigenvalue weighted by Gasteiger charge is 2.09. The average molecular weight is 250 g/mol. The molecule has 0 radical (unpaired) electrons. The van der Waals surface area contributed by atoms with Gasteiger partial charge in [0.05, 0.1) is 0 Å². The topological polar surface area (TPSA) is 64.3 Å². The minimum absolute atomic E-state index is 0.0440. The lowest BCUT2D eigenvalue weighted by molar-refractivity contribution is 0.0929. The van der Waals surface area contributed by atoms with Crippen LogP contribution in [0, 0.1) is 0 Å². The molecule has 0 aliphatic carbocycles. The van der Waals surface area contributed by atoms with Gasteiger partial charge in [-0.1, -0.05) is 12.1 Å². The van der Waals surface area contributed by atoms with Gasteiger partial charge in [-0.2, -0.15) is 0 Å². The summed E-state index contributed by atoms with van der Waals surface area (Å²) in [5.41, 5.74) is 7.29. The molecule has 0 saturated carbocycles. The van der Waals surface area contributed by atoms with Gasteiger partial charge in [-0.05, 0) is 44.0 Å². The maximum Gasteiger partial charge on any atom is 0.251 e. The van der Waals surface area contributed by atoms with Crippen LogP contribution in [0.3, 0.4) is 0 Å². The van der Waals surface area contributed by atoms with Crippen LogP contribution < -0.4 is 11.1 Å². The number of benzene rings is 1. The van der Waals surface area contributed by atoms with Gasteiger partial charge in [-0.25, -0.2) is 0 Å². The average Bonchev–Trinajstić information content (AvgIpc) is 2.37. The lowest BCUT2D eigenvalue weighted by Gasteiger charge is -2.13. The summed E-state index contributed by atoms with van der Waals surface area (Å²) in [5, 5.41) is 2.95. The second-order valence-corrected chi connectivity index (χ2v) is 4.40. The van der Waals surface area contributed by atoms with Crippen LogP contribution >= 0.6 is 0 Å². The van der Waals surface area contributed by atoms with Crippen molar-refractivity contribution in [3.63, 3.8) is 0 Å². The molecule has 3 N–H and O–H groups in total. The van der Waals surface area contributed by atoms with Gasteiger partial charge in [0.15, 0.2) is 0 Å². The van der Waals surface area contributed by atoms with Crippen LogP contribution in [-0.4, -0.2) is 32.2 Å². The molecular formula is C14H22N2O2. The van der Waals surface area contributed by atoms with E-state index in [1.54, 1.807) is 7.11 Å². The van der Waals surface area contributed by atoms with Crippen LogP contribution in [0.1, 0.15) is 29.3 Å². The van der Waals surface area contributed by atoms with E-state index in [1.807, 2.05) is 31.2 Å². The Morgan fingerprint density at radius 3 is 2.94 bits per heavy atom. The van der Waals surface area contributed by atoms with Gasteiger partial charge in [0.2, 0.25) is 0 Å². The normalized spacial score (nSPS) is 12.2.